The van der Waals surface area contributed by atoms with Crippen LogP contribution in [0.1, 0.15) is 34.5 Å². The van der Waals surface area contributed by atoms with Gasteiger partial charge in [0.05, 0.1) is 12.2 Å². The zero-order valence-corrected chi connectivity index (χ0v) is 17.3. The van der Waals surface area contributed by atoms with Crippen molar-refractivity contribution in [1.29, 1.82) is 0 Å². The van der Waals surface area contributed by atoms with E-state index in [-0.39, 0.29) is 12.2 Å². The first-order valence-corrected chi connectivity index (χ1v) is 10.2. The summed E-state index contributed by atoms with van der Waals surface area (Å²) in [4.78, 5) is 40.9. The van der Waals surface area contributed by atoms with Crippen molar-refractivity contribution in [2.24, 2.45) is 0 Å². The van der Waals surface area contributed by atoms with Crippen molar-refractivity contribution in [3.8, 4) is 5.69 Å². The van der Waals surface area contributed by atoms with E-state index in [1.54, 1.807) is 47.4 Å². The Morgan fingerprint density at radius 1 is 1.07 bits per heavy atom. The highest BCUT2D eigenvalue weighted by Crippen LogP contribution is 2.13. The Morgan fingerprint density at radius 3 is 2.50 bits per heavy atom. The van der Waals surface area contributed by atoms with Crippen LogP contribution in [0.4, 0.5) is 0 Å². The van der Waals surface area contributed by atoms with Gasteiger partial charge in [-0.3, -0.25) is 14.2 Å². The maximum Gasteiger partial charge on any atom is 0.352 e. The predicted octanol–water partition coefficient (Wildman–Crippen LogP) is 2.64. The largest absolute Gasteiger partial charge is 0.352 e. The summed E-state index contributed by atoms with van der Waals surface area (Å²) in [5.74, 6) is -0.446. The number of amides is 1. The number of aromatic nitrogens is 3. The van der Waals surface area contributed by atoms with E-state index in [0.717, 1.165) is 27.7 Å². The van der Waals surface area contributed by atoms with Gasteiger partial charge in [-0.25, -0.2) is 4.79 Å². The molecule has 2 aromatic carbocycles. The van der Waals surface area contributed by atoms with Crippen molar-refractivity contribution >= 4 is 17.5 Å². The van der Waals surface area contributed by atoms with E-state index in [9.17, 15) is 14.4 Å². The van der Waals surface area contributed by atoms with Crippen molar-refractivity contribution in [2.45, 2.75) is 26.3 Å². The van der Waals surface area contributed by atoms with Crippen LogP contribution in [0, 0.1) is 6.92 Å². The lowest BCUT2D eigenvalue weighted by Crippen LogP contribution is -2.46. The van der Waals surface area contributed by atoms with Gasteiger partial charge in [-0.15, -0.1) is 0 Å². The molecular weight excluding hydrogens is 404 g/mol. The molecule has 1 aromatic heterocycles. The van der Waals surface area contributed by atoms with E-state index in [4.69, 9.17) is 11.6 Å². The van der Waals surface area contributed by atoms with Crippen LogP contribution >= 0.6 is 11.6 Å². The Balaban J connectivity index is 1.90. The van der Waals surface area contributed by atoms with Crippen molar-refractivity contribution in [2.75, 3.05) is 13.1 Å². The van der Waals surface area contributed by atoms with E-state index in [2.05, 4.69) is 5.10 Å². The lowest BCUT2D eigenvalue weighted by molar-refractivity contribution is 0.0781. The van der Waals surface area contributed by atoms with Crippen LogP contribution in [0.2, 0.25) is 5.02 Å². The molecule has 1 saturated heterocycles. The zero-order valence-electron chi connectivity index (χ0n) is 16.5. The van der Waals surface area contributed by atoms with Crippen LogP contribution in [-0.4, -0.2) is 38.2 Å². The fourth-order valence-corrected chi connectivity index (χ4v) is 3.82. The highest BCUT2D eigenvalue weighted by Gasteiger charge is 2.26. The Morgan fingerprint density at radius 2 is 1.80 bits per heavy atom. The molecule has 1 aliphatic rings. The molecule has 1 aliphatic heterocycles. The first-order chi connectivity index (χ1) is 14.4. The van der Waals surface area contributed by atoms with Crippen molar-refractivity contribution < 1.29 is 4.79 Å². The lowest BCUT2D eigenvalue weighted by Gasteiger charge is -2.17. The Hall–Kier alpha value is -3.19. The number of benzene rings is 2. The maximum absolute atomic E-state index is 13.2. The second-order valence-electron chi connectivity index (χ2n) is 7.40. The van der Waals surface area contributed by atoms with Crippen LogP contribution in [0.5, 0.6) is 0 Å². The summed E-state index contributed by atoms with van der Waals surface area (Å²) >= 11 is 6.06. The van der Waals surface area contributed by atoms with Gasteiger partial charge in [-0.1, -0.05) is 35.9 Å². The fraction of sp³-hybridized carbons (Fsp3) is 0.273. The average Bonchev–Trinajstić information content (AvgIpc) is 3.26. The first kappa shape index (κ1) is 20.1. The number of likely N-dealkylation sites (tertiary alicyclic amines) is 1. The van der Waals surface area contributed by atoms with Crippen LogP contribution in [-0.2, 0) is 6.54 Å². The molecular formula is C22H21ClN4O3. The van der Waals surface area contributed by atoms with Crippen molar-refractivity contribution in [1.82, 2.24) is 19.2 Å². The summed E-state index contributed by atoms with van der Waals surface area (Å²) in [6, 6.07) is 14.1. The molecule has 8 heteroatoms. The smallest absolute Gasteiger partial charge is 0.337 e. The average molecular weight is 425 g/mol. The second kappa shape index (κ2) is 8.28. The van der Waals surface area contributed by atoms with Crippen molar-refractivity contribution in [3.05, 3.63) is 91.2 Å². The van der Waals surface area contributed by atoms with E-state index >= 15 is 0 Å². The minimum atomic E-state index is -0.694. The Bertz CT molecular complexity index is 1230. The molecule has 30 heavy (non-hydrogen) atoms. The molecule has 0 aliphatic carbocycles. The van der Waals surface area contributed by atoms with Crippen LogP contribution in [0.3, 0.4) is 0 Å². The monoisotopic (exact) mass is 424 g/mol. The van der Waals surface area contributed by atoms with Crippen LogP contribution in [0.15, 0.2) is 58.1 Å². The highest BCUT2D eigenvalue weighted by molar-refractivity contribution is 6.30. The number of carbonyl (C=O) groups excluding carboxylic acids is 1. The van der Waals surface area contributed by atoms with Gasteiger partial charge in [-0.05, 0) is 55.2 Å². The summed E-state index contributed by atoms with van der Waals surface area (Å²) < 4.78 is 2.17. The highest BCUT2D eigenvalue weighted by atomic mass is 35.5. The van der Waals surface area contributed by atoms with Crippen molar-refractivity contribution in [3.63, 3.8) is 0 Å². The van der Waals surface area contributed by atoms with Gasteiger partial charge in [-0.2, -0.15) is 9.78 Å². The normalized spacial score (nSPS) is 13.6. The van der Waals surface area contributed by atoms with Gasteiger partial charge in [0.1, 0.15) is 0 Å². The number of rotatable bonds is 4. The molecule has 0 saturated carbocycles. The molecule has 7 nitrogen and oxygen atoms in total. The summed E-state index contributed by atoms with van der Waals surface area (Å²) in [6.45, 7) is 3.05. The molecule has 0 spiro atoms. The summed E-state index contributed by atoms with van der Waals surface area (Å²) in [7, 11) is 0. The molecule has 0 N–H and O–H groups in total. The number of hydrogen-bond acceptors (Lipinski definition) is 4. The van der Waals surface area contributed by atoms with E-state index in [0.29, 0.717) is 29.4 Å². The predicted molar refractivity (Wildman–Crippen MR) is 115 cm³/mol. The number of aryl methyl sites for hydroxylation is 1. The van der Waals surface area contributed by atoms with E-state index < -0.39 is 17.2 Å². The Labute approximate surface area is 178 Å². The third-order valence-corrected chi connectivity index (χ3v) is 5.37. The van der Waals surface area contributed by atoms with E-state index in [1.165, 1.54) is 0 Å². The van der Waals surface area contributed by atoms with Gasteiger partial charge in [0.2, 0.25) is 5.69 Å². The number of nitrogens with zero attached hydrogens (tertiary/aromatic N) is 4. The molecule has 2 heterocycles. The van der Waals surface area contributed by atoms with Crippen LogP contribution in [0.25, 0.3) is 5.69 Å². The second-order valence-corrected chi connectivity index (χ2v) is 7.84. The maximum atomic E-state index is 13.2. The van der Waals surface area contributed by atoms with Gasteiger partial charge < -0.3 is 4.90 Å². The molecule has 1 fully saturated rings. The molecule has 0 unspecified atom stereocenters. The number of halogens is 1. The molecule has 0 atom stereocenters. The molecule has 3 aromatic rings. The third-order valence-electron chi connectivity index (χ3n) is 5.13. The summed E-state index contributed by atoms with van der Waals surface area (Å²) in [5, 5.41) is 4.70. The summed E-state index contributed by atoms with van der Waals surface area (Å²) in [5.41, 5.74) is 0.559. The minimum Gasteiger partial charge on any atom is -0.337 e. The summed E-state index contributed by atoms with van der Waals surface area (Å²) in [6.07, 6.45) is 1.78. The molecule has 0 bridgehead atoms. The molecule has 1 amide bonds. The first-order valence-electron chi connectivity index (χ1n) is 9.79. The SMILES string of the molecule is Cc1cccc(-n2nc(C(=O)N3CCCC3)c(=O)n(Cc3cccc(Cl)c3)c2=O)c1. The molecule has 154 valence electrons. The zero-order chi connectivity index (χ0) is 21.3. The third kappa shape index (κ3) is 3.93. The standard InChI is InChI=1S/C22H21ClN4O3/c1-15-6-4-9-18(12-15)27-22(30)26(14-16-7-5-8-17(23)13-16)21(29)19(24-27)20(28)25-10-2-3-11-25/h4-9,12-13H,2-3,10-11,14H2,1H3. The van der Waals surface area contributed by atoms with Gasteiger partial charge in [0, 0.05) is 18.1 Å². The topological polar surface area (TPSA) is 77.2 Å². The Kier molecular flexibility index (Phi) is 5.55. The van der Waals surface area contributed by atoms with Gasteiger partial charge in [0.25, 0.3) is 11.5 Å². The number of carbonyl (C=O) groups is 1. The minimum absolute atomic E-state index is 0.00710. The lowest BCUT2D eigenvalue weighted by atomic mass is 10.2. The quantitative estimate of drug-likeness (QED) is 0.645. The van der Waals surface area contributed by atoms with Gasteiger partial charge >= 0.3 is 5.69 Å². The fourth-order valence-electron chi connectivity index (χ4n) is 3.60. The molecule has 0 radical (unpaired) electrons. The van der Waals surface area contributed by atoms with Gasteiger partial charge in [0.15, 0.2) is 0 Å². The van der Waals surface area contributed by atoms with E-state index in [1.807, 2.05) is 13.0 Å². The molecule has 4 rings (SSSR count). The number of hydrogen-bond donors (Lipinski definition) is 0. The van der Waals surface area contributed by atoms with Crippen LogP contribution < -0.4 is 11.2 Å².